The predicted octanol–water partition coefficient (Wildman–Crippen LogP) is 0.990. The summed E-state index contributed by atoms with van der Waals surface area (Å²) in [6, 6.07) is 6.99. The van der Waals surface area contributed by atoms with Gasteiger partial charge in [0.15, 0.2) is 41.6 Å². The molecule has 0 amide bonds. The van der Waals surface area contributed by atoms with Crippen molar-refractivity contribution < 1.29 is 16.8 Å². The molecule has 10 nitrogen and oxygen atoms in total. The smallest absolute Gasteiger partial charge is 0.176 e. The van der Waals surface area contributed by atoms with E-state index in [0.717, 1.165) is 0 Å². The Kier molecular flexibility index (Phi) is 4.72. The van der Waals surface area contributed by atoms with Crippen molar-refractivity contribution in [2.45, 2.75) is 22.6 Å². The summed E-state index contributed by atoms with van der Waals surface area (Å²) in [6.07, 6.45) is 0. The van der Waals surface area contributed by atoms with E-state index in [1.807, 2.05) is 24.3 Å². The van der Waals surface area contributed by atoms with Crippen molar-refractivity contribution in [1.29, 1.82) is 0 Å². The number of nitrogens with zero attached hydrogens (tertiary/aromatic N) is 4. The highest BCUT2D eigenvalue weighted by Crippen LogP contribution is 2.37. The molecule has 4 atom stereocenters. The quantitative estimate of drug-likeness (QED) is 0.600. The molecule has 0 unspecified atom stereocenters. The number of para-hydroxylation sites is 2. The van der Waals surface area contributed by atoms with E-state index >= 15 is 0 Å². The molecule has 0 spiro atoms. The van der Waals surface area contributed by atoms with Crippen molar-refractivity contribution in [3.8, 4) is 0 Å². The van der Waals surface area contributed by atoms with E-state index in [0.29, 0.717) is 33.0 Å². The number of rotatable bonds is 2. The lowest BCUT2D eigenvalue weighted by Gasteiger charge is -2.13. The Balaban J connectivity index is 1.29. The SMILES string of the molecule is O=S1(=O)C[C@@H]2SC(Nc3nc4ccccc4nc3NC3=N[C@H]4CS(=O)(=O)C[C@H]4S3)=N[C@@H]2C1. The topological polar surface area (TPSA) is 143 Å². The van der Waals surface area contributed by atoms with Crippen LogP contribution in [-0.4, -0.2) is 82.7 Å². The van der Waals surface area contributed by atoms with Crippen LogP contribution < -0.4 is 10.6 Å². The van der Waals surface area contributed by atoms with Gasteiger partial charge in [-0.05, 0) is 12.1 Å². The summed E-state index contributed by atoms with van der Waals surface area (Å²) in [5.41, 5.74) is 1.41. The molecule has 2 aromatic rings. The third kappa shape index (κ3) is 3.86. The Bertz CT molecular complexity index is 1300. The van der Waals surface area contributed by atoms with E-state index in [9.17, 15) is 16.8 Å². The maximum atomic E-state index is 11.8. The molecular weight excluding hydrogens is 493 g/mol. The van der Waals surface area contributed by atoms with Crippen LogP contribution in [0.5, 0.6) is 0 Å². The highest BCUT2D eigenvalue weighted by molar-refractivity contribution is 8.16. The number of hydrogen-bond acceptors (Lipinski definition) is 12. The minimum absolute atomic E-state index is 0.0729. The molecule has 4 aliphatic heterocycles. The number of hydrogen-bond donors (Lipinski definition) is 2. The molecule has 1 aromatic heterocycles. The second-order valence-corrected chi connectivity index (χ2v) is 14.9. The van der Waals surface area contributed by atoms with Gasteiger partial charge < -0.3 is 10.6 Å². The van der Waals surface area contributed by atoms with Gasteiger partial charge in [0.1, 0.15) is 0 Å². The van der Waals surface area contributed by atoms with Gasteiger partial charge in [-0.15, -0.1) is 0 Å². The maximum absolute atomic E-state index is 11.8. The van der Waals surface area contributed by atoms with E-state index < -0.39 is 19.7 Å². The van der Waals surface area contributed by atoms with Gasteiger partial charge in [-0.25, -0.2) is 26.8 Å². The molecule has 0 saturated carbocycles. The normalized spacial score (nSPS) is 31.8. The molecule has 32 heavy (non-hydrogen) atoms. The van der Waals surface area contributed by atoms with Crippen LogP contribution in [0.15, 0.2) is 34.3 Å². The van der Waals surface area contributed by atoms with Crippen LogP contribution in [0, 0.1) is 0 Å². The molecule has 2 saturated heterocycles. The van der Waals surface area contributed by atoms with Gasteiger partial charge in [0, 0.05) is 10.5 Å². The van der Waals surface area contributed by atoms with Gasteiger partial charge in [-0.3, -0.25) is 9.98 Å². The lowest BCUT2D eigenvalue weighted by atomic mass is 10.3. The van der Waals surface area contributed by atoms with E-state index in [2.05, 4.69) is 30.6 Å². The molecule has 0 bridgehead atoms. The zero-order valence-corrected chi connectivity index (χ0v) is 19.8. The Morgan fingerprint density at radius 1 is 0.719 bits per heavy atom. The molecule has 1 aromatic carbocycles. The van der Waals surface area contributed by atoms with Gasteiger partial charge in [-0.1, -0.05) is 35.7 Å². The van der Waals surface area contributed by atoms with Gasteiger partial charge >= 0.3 is 0 Å². The Morgan fingerprint density at radius 2 is 1.16 bits per heavy atom. The van der Waals surface area contributed by atoms with Crippen molar-refractivity contribution in [3.63, 3.8) is 0 Å². The van der Waals surface area contributed by atoms with E-state index in [1.165, 1.54) is 23.5 Å². The summed E-state index contributed by atoms with van der Waals surface area (Å²) < 4.78 is 47.3. The molecule has 6 rings (SSSR count). The Hall–Kier alpha value is -1.90. The van der Waals surface area contributed by atoms with Gasteiger partial charge in [-0.2, -0.15) is 0 Å². The third-order valence-corrected chi connectivity index (χ3v) is 11.9. The second-order valence-electron chi connectivity index (χ2n) is 8.13. The summed E-state index contributed by atoms with van der Waals surface area (Å²) in [5, 5.41) is 7.51. The van der Waals surface area contributed by atoms with Crippen molar-refractivity contribution in [1.82, 2.24) is 9.97 Å². The van der Waals surface area contributed by atoms with Crippen LogP contribution in [0.1, 0.15) is 0 Å². The van der Waals surface area contributed by atoms with Crippen LogP contribution in [0.4, 0.5) is 11.6 Å². The molecule has 2 fully saturated rings. The maximum Gasteiger partial charge on any atom is 0.176 e. The number of nitrogens with one attached hydrogen (secondary N) is 2. The van der Waals surface area contributed by atoms with Gasteiger partial charge in [0.05, 0.1) is 46.1 Å². The van der Waals surface area contributed by atoms with E-state index in [4.69, 9.17) is 0 Å². The molecule has 168 valence electrons. The number of amidine groups is 2. The largest absolute Gasteiger partial charge is 0.317 e. The first kappa shape index (κ1) is 20.7. The van der Waals surface area contributed by atoms with Crippen LogP contribution >= 0.6 is 23.5 Å². The summed E-state index contributed by atoms with van der Waals surface area (Å²) in [4.78, 5) is 18.5. The highest BCUT2D eigenvalue weighted by Gasteiger charge is 2.44. The predicted molar refractivity (Wildman–Crippen MR) is 129 cm³/mol. The first-order chi connectivity index (χ1) is 15.2. The number of aromatic nitrogens is 2. The standard InChI is InChI=1S/C18H18N6O4S4/c25-31(26)5-11-13(7-31)29-17(21-11)23-15-16(20-10-4-2-1-3-9(10)19-15)24-18-22-12-6-32(27,28)8-14(12)30-18/h1-4,11-14H,5-8H2,(H,19,21,23)(H,20,22,24)/t11-,12+,13+,14-. The Labute approximate surface area is 193 Å². The van der Waals surface area contributed by atoms with Crippen LogP contribution in [0.25, 0.3) is 11.0 Å². The molecule has 5 heterocycles. The fourth-order valence-electron chi connectivity index (χ4n) is 4.21. The molecule has 0 aliphatic carbocycles. The van der Waals surface area contributed by atoms with Crippen molar-refractivity contribution in [3.05, 3.63) is 24.3 Å². The minimum Gasteiger partial charge on any atom is -0.317 e. The Morgan fingerprint density at radius 3 is 1.56 bits per heavy atom. The molecule has 2 N–H and O–H groups in total. The molecule has 14 heteroatoms. The lowest BCUT2D eigenvalue weighted by molar-refractivity contribution is 0.599. The zero-order valence-electron chi connectivity index (χ0n) is 16.5. The van der Waals surface area contributed by atoms with Gasteiger partial charge in [0.25, 0.3) is 0 Å². The van der Waals surface area contributed by atoms with Crippen molar-refractivity contribution in [2.24, 2.45) is 9.98 Å². The fourth-order valence-corrected chi connectivity index (χ4v) is 11.5. The number of anilines is 2. The number of fused-ring (bicyclic) bond motifs is 3. The third-order valence-electron chi connectivity index (χ3n) is 5.66. The molecular formula is C18H18N6O4S4. The summed E-state index contributed by atoms with van der Waals surface area (Å²) in [5.74, 6) is 1.33. The van der Waals surface area contributed by atoms with Crippen molar-refractivity contribution in [2.75, 3.05) is 33.6 Å². The number of aliphatic imine (C=N–C) groups is 2. The van der Waals surface area contributed by atoms with E-state index in [-0.39, 0.29) is 45.6 Å². The summed E-state index contributed by atoms with van der Waals surface area (Å²) in [6.45, 7) is 0. The van der Waals surface area contributed by atoms with Crippen LogP contribution in [-0.2, 0) is 19.7 Å². The second kappa shape index (κ2) is 7.30. The summed E-state index contributed by atoms with van der Waals surface area (Å²) >= 11 is 2.82. The monoisotopic (exact) mass is 510 g/mol. The average molecular weight is 511 g/mol. The molecule has 4 aliphatic rings. The van der Waals surface area contributed by atoms with Crippen molar-refractivity contribution >= 4 is 76.2 Å². The fraction of sp³-hybridized carbons (Fsp3) is 0.444. The highest BCUT2D eigenvalue weighted by atomic mass is 32.2. The number of sulfone groups is 2. The molecule has 0 radical (unpaired) electrons. The first-order valence-corrected chi connectivity index (χ1v) is 15.3. The van der Waals surface area contributed by atoms with Gasteiger partial charge in [0.2, 0.25) is 0 Å². The number of thioether (sulfide) groups is 2. The minimum atomic E-state index is -3.03. The van der Waals surface area contributed by atoms with Crippen LogP contribution in [0.3, 0.4) is 0 Å². The zero-order chi connectivity index (χ0) is 22.1. The van der Waals surface area contributed by atoms with E-state index in [1.54, 1.807) is 0 Å². The average Bonchev–Trinajstić information content (AvgIpc) is 3.38. The lowest BCUT2D eigenvalue weighted by Crippen LogP contribution is -2.17. The first-order valence-electron chi connectivity index (χ1n) is 9.94. The summed E-state index contributed by atoms with van der Waals surface area (Å²) in [7, 11) is -6.06. The van der Waals surface area contributed by atoms with Crippen LogP contribution in [0.2, 0.25) is 0 Å². The number of benzene rings is 1.